The van der Waals surface area contributed by atoms with E-state index in [1.807, 2.05) is 6.92 Å². The molecule has 0 spiro atoms. The third-order valence-electron chi connectivity index (χ3n) is 4.92. The Morgan fingerprint density at radius 1 is 1.42 bits per heavy atom. The van der Waals surface area contributed by atoms with Gasteiger partial charge < -0.3 is 15.0 Å². The molecule has 1 aliphatic carbocycles. The largest absolute Gasteiger partial charge is 0.362 e. The fourth-order valence-electron chi connectivity index (χ4n) is 3.40. The average molecular weight is 334 g/mol. The summed E-state index contributed by atoms with van der Waals surface area (Å²) in [5.74, 6) is -0.267. The molecule has 0 bridgehead atoms. The zero-order valence-electron chi connectivity index (χ0n) is 14.5. The predicted molar refractivity (Wildman–Crippen MR) is 88.6 cm³/mol. The first-order chi connectivity index (χ1) is 11.5. The van der Waals surface area contributed by atoms with E-state index in [0.29, 0.717) is 18.8 Å². The lowest BCUT2D eigenvalue weighted by atomic mass is 10.0. The molecule has 2 amide bonds. The van der Waals surface area contributed by atoms with Gasteiger partial charge in [0.25, 0.3) is 11.8 Å². The molecule has 1 N–H and O–H groups in total. The molecule has 0 aromatic carbocycles. The van der Waals surface area contributed by atoms with Crippen molar-refractivity contribution in [2.45, 2.75) is 57.7 Å². The van der Waals surface area contributed by atoms with Crippen LogP contribution in [0.3, 0.4) is 0 Å². The fourth-order valence-corrected chi connectivity index (χ4v) is 3.40. The number of nitrogens with one attached hydrogen (secondary N) is 1. The van der Waals surface area contributed by atoms with Crippen LogP contribution < -0.4 is 5.32 Å². The topological polar surface area (TPSA) is 76.5 Å². The summed E-state index contributed by atoms with van der Waals surface area (Å²) in [6.45, 7) is 5.54. The number of hydrogen-bond acceptors (Lipinski definition) is 4. The van der Waals surface area contributed by atoms with Gasteiger partial charge in [0.05, 0.1) is 13.2 Å². The van der Waals surface area contributed by atoms with E-state index in [1.54, 1.807) is 28.8 Å². The normalized spacial score (nSPS) is 25.0. The lowest BCUT2D eigenvalue weighted by molar-refractivity contribution is -0.154. The lowest BCUT2D eigenvalue weighted by Gasteiger charge is -2.39. The number of nitrogens with zero attached hydrogens (tertiary/aromatic N) is 3. The van der Waals surface area contributed by atoms with Crippen LogP contribution in [0.15, 0.2) is 12.3 Å². The molecule has 7 nitrogen and oxygen atoms in total. The van der Waals surface area contributed by atoms with Crippen LogP contribution in [0.25, 0.3) is 0 Å². The van der Waals surface area contributed by atoms with E-state index in [2.05, 4.69) is 10.4 Å². The van der Waals surface area contributed by atoms with Gasteiger partial charge >= 0.3 is 0 Å². The molecule has 1 aromatic heterocycles. The Morgan fingerprint density at radius 3 is 2.83 bits per heavy atom. The predicted octanol–water partition coefficient (Wildman–Crippen LogP) is 1.19. The average Bonchev–Trinajstić information content (AvgIpc) is 3.25. The smallest absolute Gasteiger partial charge is 0.274 e. The zero-order chi connectivity index (χ0) is 17.2. The number of hydrogen-bond donors (Lipinski definition) is 1. The highest BCUT2D eigenvalue weighted by Crippen LogP contribution is 2.22. The molecule has 2 fully saturated rings. The highest BCUT2D eigenvalue weighted by molar-refractivity contribution is 5.93. The molecule has 3 rings (SSSR count). The van der Waals surface area contributed by atoms with Crippen LogP contribution in [0.4, 0.5) is 0 Å². The molecule has 1 atom stereocenters. The van der Waals surface area contributed by atoms with Gasteiger partial charge in [-0.25, -0.2) is 0 Å². The van der Waals surface area contributed by atoms with E-state index in [4.69, 9.17) is 4.74 Å². The van der Waals surface area contributed by atoms with Gasteiger partial charge in [0.15, 0.2) is 5.60 Å². The molecule has 2 aliphatic rings. The van der Waals surface area contributed by atoms with Crippen LogP contribution in [0.2, 0.25) is 0 Å². The minimum Gasteiger partial charge on any atom is -0.362 e. The monoisotopic (exact) mass is 334 g/mol. The van der Waals surface area contributed by atoms with Gasteiger partial charge in [0.2, 0.25) is 0 Å². The Morgan fingerprint density at radius 2 is 2.17 bits per heavy atom. The molecule has 7 heteroatoms. The summed E-state index contributed by atoms with van der Waals surface area (Å²) in [4.78, 5) is 27.0. The Hall–Kier alpha value is -1.89. The third-order valence-corrected chi connectivity index (χ3v) is 4.92. The standard InChI is InChI=1S/C17H26N4O3/c1-3-21-9-8-14(19-21)15(22)20-10-11-24-17(2,12-20)16(23)18-13-6-4-5-7-13/h8-9,13H,3-7,10-12H2,1-2H3,(H,18,23). The molecule has 1 aliphatic heterocycles. The number of amides is 2. The summed E-state index contributed by atoms with van der Waals surface area (Å²) < 4.78 is 7.47. The maximum atomic E-state index is 12.6. The second-order valence-electron chi connectivity index (χ2n) is 6.82. The second-order valence-corrected chi connectivity index (χ2v) is 6.82. The van der Waals surface area contributed by atoms with Gasteiger partial charge in [-0.15, -0.1) is 0 Å². The van der Waals surface area contributed by atoms with Crippen molar-refractivity contribution in [3.8, 4) is 0 Å². The number of morpholine rings is 1. The maximum absolute atomic E-state index is 12.6. The van der Waals surface area contributed by atoms with E-state index in [0.717, 1.165) is 32.2 Å². The Bertz CT molecular complexity index is 609. The Balaban J connectivity index is 1.65. The number of aromatic nitrogens is 2. The van der Waals surface area contributed by atoms with Crippen molar-refractivity contribution in [3.05, 3.63) is 18.0 Å². The van der Waals surface area contributed by atoms with E-state index in [1.165, 1.54) is 0 Å². The van der Waals surface area contributed by atoms with Crippen molar-refractivity contribution < 1.29 is 14.3 Å². The van der Waals surface area contributed by atoms with Crippen LogP contribution in [0.5, 0.6) is 0 Å². The summed E-state index contributed by atoms with van der Waals surface area (Å²) in [6, 6.07) is 1.96. The summed E-state index contributed by atoms with van der Waals surface area (Å²) in [7, 11) is 0. The van der Waals surface area contributed by atoms with Gasteiger partial charge in [-0.3, -0.25) is 14.3 Å². The van der Waals surface area contributed by atoms with Crippen molar-refractivity contribution >= 4 is 11.8 Å². The highest BCUT2D eigenvalue weighted by atomic mass is 16.5. The van der Waals surface area contributed by atoms with Crippen LogP contribution in [0, 0.1) is 0 Å². The summed E-state index contributed by atoms with van der Waals surface area (Å²) in [6.07, 6.45) is 6.16. The summed E-state index contributed by atoms with van der Waals surface area (Å²) in [5.41, 5.74) is -0.582. The third kappa shape index (κ3) is 3.45. The van der Waals surface area contributed by atoms with Crippen LogP contribution in [0.1, 0.15) is 50.0 Å². The molecule has 2 heterocycles. The molecule has 0 radical (unpaired) electrons. The van der Waals surface area contributed by atoms with Gasteiger partial charge in [0.1, 0.15) is 5.69 Å². The van der Waals surface area contributed by atoms with Crippen molar-refractivity contribution in [3.63, 3.8) is 0 Å². The zero-order valence-corrected chi connectivity index (χ0v) is 14.5. The molecule has 1 aromatic rings. The highest BCUT2D eigenvalue weighted by Gasteiger charge is 2.42. The maximum Gasteiger partial charge on any atom is 0.274 e. The molecule has 1 saturated heterocycles. The van der Waals surface area contributed by atoms with E-state index in [9.17, 15) is 9.59 Å². The molecular formula is C17H26N4O3. The molecule has 24 heavy (non-hydrogen) atoms. The van der Waals surface area contributed by atoms with Crippen LogP contribution in [-0.4, -0.2) is 57.8 Å². The molecule has 1 unspecified atom stereocenters. The second kappa shape index (κ2) is 6.93. The molecule has 132 valence electrons. The molecular weight excluding hydrogens is 308 g/mol. The first-order valence-electron chi connectivity index (χ1n) is 8.79. The van der Waals surface area contributed by atoms with E-state index < -0.39 is 5.60 Å². The first kappa shape index (κ1) is 17.0. The summed E-state index contributed by atoms with van der Waals surface area (Å²) >= 11 is 0. The van der Waals surface area contributed by atoms with Crippen molar-refractivity contribution in [1.82, 2.24) is 20.0 Å². The van der Waals surface area contributed by atoms with E-state index in [-0.39, 0.29) is 24.4 Å². The van der Waals surface area contributed by atoms with Crippen molar-refractivity contribution in [2.24, 2.45) is 0 Å². The number of carbonyl (C=O) groups excluding carboxylic acids is 2. The summed E-state index contributed by atoms with van der Waals surface area (Å²) in [5, 5.41) is 7.34. The van der Waals surface area contributed by atoms with Gasteiger partial charge in [0, 0.05) is 25.3 Å². The number of carbonyl (C=O) groups is 2. The van der Waals surface area contributed by atoms with Crippen molar-refractivity contribution in [1.29, 1.82) is 0 Å². The number of rotatable bonds is 4. The van der Waals surface area contributed by atoms with Crippen LogP contribution >= 0.6 is 0 Å². The number of aryl methyl sites for hydroxylation is 1. The minimum atomic E-state index is -0.996. The quantitative estimate of drug-likeness (QED) is 0.897. The fraction of sp³-hybridized carbons (Fsp3) is 0.706. The number of ether oxygens (including phenoxy) is 1. The first-order valence-corrected chi connectivity index (χ1v) is 8.79. The molecule has 1 saturated carbocycles. The van der Waals surface area contributed by atoms with Gasteiger partial charge in [-0.1, -0.05) is 12.8 Å². The van der Waals surface area contributed by atoms with E-state index >= 15 is 0 Å². The van der Waals surface area contributed by atoms with Crippen molar-refractivity contribution in [2.75, 3.05) is 19.7 Å². The van der Waals surface area contributed by atoms with Crippen LogP contribution in [-0.2, 0) is 16.1 Å². The van der Waals surface area contributed by atoms with Gasteiger partial charge in [-0.2, -0.15) is 5.10 Å². The Kier molecular flexibility index (Phi) is 4.89. The minimum absolute atomic E-state index is 0.119. The lowest BCUT2D eigenvalue weighted by Crippen LogP contribution is -2.60. The SMILES string of the molecule is CCn1ccc(C(=O)N2CCOC(C)(C(=O)NC3CCCC3)C2)n1. The Labute approximate surface area is 142 Å². The van der Waals surface area contributed by atoms with Gasteiger partial charge in [-0.05, 0) is 32.8 Å².